The molecule has 0 radical (unpaired) electrons. The molecule has 0 aliphatic heterocycles. The second kappa shape index (κ2) is 7.39. The van der Waals surface area contributed by atoms with E-state index in [0.717, 1.165) is 17.7 Å². The van der Waals surface area contributed by atoms with Gasteiger partial charge in [0.15, 0.2) is 0 Å². The predicted octanol–water partition coefficient (Wildman–Crippen LogP) is 4.01. The Labute approximate surface area is 141 Å². The number of carbonyl (C=O) groups is 1. The lowest BCUT2D eigenvalue weighted by atomic mass is 10.1. The summed E-state index contributed by atoms with van der Waals surface area (Å²) in [5, 5.41) is 14.1. The Morgan fingerprint density at radius 2 is 1.96 bits per heavy atom. The molecule has 0 saturated heterocycles. The van der Waals surface area contributed by atoms with Gasteiger partial charge in [-0.15, -0.1) is 0 Å². The van der Waals surface area contributed by atoms with Gasteiger partial charge in [0.2, 0.25) is 0 Å². The van der Waals surface area contributed by atoms with Crippen molar-refractivity contribution in [3.05, 3.63) is 73.5 Å². The number of nitrogens with zero attached hydrogens (tertiary/aromatic N) is 1. The van der Waals surface area contributed by atoms with Crippen LogP contribution in [0.3, 0.4) is 0 Å². The molecule has 0 aliphatic carbocycles. The van der Waals surface area contributed by atoms with E-state index in [9.17, 15) is 19.3 Å². The largest absolute Gasteiger partial charge is 0.352 e. The molecule has 2 rings (SSSR count). The van der Waals surface area contributed by atoms with Crippen LogP contribution in [-0.4, -0.2) is 17.4 Å². The lowest BCUT2D eigenvalue weighted by Crippen LogP contribution is -2.26. The summed E-state index contributed by atoms with van der Waals surface area (Å²) in [5.41, 5.74) is 0.130. The number of nitro benzene ring substituents is 1. The first-order valence-electron chi connectivity index (χ1n) is 6.54. The molecule has 0 aromatic heterocycles. The van der Waals surface area contributed by atoms with Crippen molar-refractivity contribution >= 4 is 34.8 Å². The quantitative estimate of drug-likeness (QED) is 0.649. The number of benzene rings is 2. The van der Waals surface area contributed by atoms with Crippen LogP contribution in [0.4, 0.5) is 10.1 Å². The summed E-state index contributed by atoms with van der Waals surface area (Å²) < 4.78 is 13.7. The predicted molar refractivity (Wildman–Crippen MR) is 85.6 cm³/mol. The maximum Gasteiger partial charge on any atom is 0.272 e. The lowest BCUT2D eigenvalue weighted by molar-refractivity contribution is -0.385. The molecule has 0 aliphatic rings. The maximum absolute atomic E-state index is 13.7. The van der Waals surface area contributed by atoms with Crippen LogP contribution in [0.15, 0.2) is 36.4 Å². The maximum atomic E-state index is 13.7. The van der Waals surface area contributed by atoms with E-state index in [2.05, 4.69) is 5.32 Å². The number of non-ortho nitro benzene ring substituents is 1. The SMILES string of the molecule is O=C(NCCc1ccc(Cl)cc1Cl)c1ccc([N+](=O)[O-])cc1F. The molecular weight excluding hydrogens is 346 g/mol. The van der Waals surface area contributed by atoms with E-state index < -0.39 is 22.3 Å². The van der Waals surface area contributed by atoms with Crippen LogP contribution >= 0.6 is 23.2 Å². The molecule has 0 bridgehead atoms. The molecule has 0 fully saturated rings. The average Bonchev–Trinajstić information content (AvgIpc) is 2.49. The van der Waals surface area contributed by atoms with E-state index in [0.29, 0.717) is 22.5 Å². The Bertz CT molecular complexity index is 768. The van der Waals surface area contributed by atoms with Gasteiger partial charge in [0, 0.05) is 22.7 Å². The zero-order valence-corrected chi connectivity index (χ0v) is 13.2. The van der Waals surface area contributed by atoms with Gasteiger partial charge in [-0.3, -0.25) is 14.9 Å². The van der Waals surface area contributed by atoms with E-state index in [1.54, 1.807) is 18.2 Å². The van der Waals surface area contributed by atoms with E-state index in [-0.39, 0.29) is 12.1 Å². The van der Waals surface area contributed by atoms with Crippen LogP contribution < -0.4 is 5.32 Å². The van der Waals surface area contributed by atoms with Crippen molar-refractivity contribution in [2.45, 2.75) is 6.42 Å². The molecule has 5 nitrogen and oxygen atoms in total. The smallest absolute Gasteiger partial charge is 0.272 e. The second-order valence-electron chi connectivity index (χ2n) is 4.66. The highest BCUT2D eigenvalue weighted by Gasteiger charge is 2.15. The first kappa shape index (κ1) is 17.2. The number of nitro groups is 1. The first-order valence-corrected chi connectivity index (χ1v) is 7.30. The molecule has 23 heavy (non-hydrogen) atoms. The number of amides is 1. The van der Waals surface area contributed by atoms with Gasteiger partial charge in [-0.1, -0.05) is 29.3 Å². The van der Waals surface area contributed by atoms with Gasteiger partial charge in [0.1, 0.15) is 5.82 Å². The molecule has 0 unspecified atom stereocenters. The van der Waals surface area contributed by atoms with E-state index in [1.165, 1.54) is 0 Å². The minimum absolute atomic E-state index is 0.233. The zero-order chi connectivity index (χ0) is 17.0. The molecule has 0 saturated carbocycles. The summed E-state index contributed by atoms with van der Waals surface area (Å²) in [5.74, 6) is -1.59. The number of carbonyl (C=O) groups excluding carboxylic acids is 1. The fraction of sp³-hybridized carbons (Fsp3) is 0.133. The molecule has 0 heterocycles. The summed E-state index contributed by atoms with van der Waals surface area (Å²) in [4.78, 5) is 21.7. The third-order valence-electron chi connectivity index (χ3n) is 3.10. The molecule has 1 N–H and O–H groups in total. The Kier molecular flexibility index (Phi) is 5.52. The zero-order valence-electron chi connectivity index (χ0n) is 11.7. The highest BCUT2D eigenvalue weighted by Crippen LogP contribution is 2.21. The minimum atomic E-state index is -0.943. The second-order valence-corrected chi connectivity index (χ2v) is 5.51. The summed E-state index contributed by atoms with van der Waals surface area (Å²) in [7, 11) is 0. The van der Waals surface area contributed by atoms with Crippen LogP contribution in [-0.2, 0) is 6.42 Å². The fourth-order valence-electron chi connectivity index (χ4n) is 1.93. The van der Waals surface area contributed by atoms with Crippen molar-refractivity contribution in [1.29, 1.82) is 0 Å². The molecule has 0 spiro atoms. The summed E-state index contributed by atoms with van der Waals surface area (Å²) >= 11 is 11.8. The van der Waals surface area contributed by atoms with Gasteiger partial charge < -0.3 is 5.32 Å². The van der Waals surface area contributed by atoms with Gasteiger partial charge in [-0.25, -0.2) is 4.39 Å². The van der Waals surface area contributed by atoms with Gasteiger partial charge >= 0.3 is 0 Å². The minimum Gasteiger partial charge on any atom is -0.352 e. The average molecular weight is 357 g/mol. The molecule has 0 atom stereocenters. The molecule has 2 aromatic carbocycles. The third-order valence-corrected chi connectivity index (χ3v) is 3.69. The number of nitrogens with one attached hydrogen (secondary N) is 1. The monoisotopic (exact) mass is 356 g/mol. The normalized spacial score (nSPS) is 10.4. The van der Waals surface area contributed by atoms with Crippen molar-refractivity contribution < 1.29 is 14.1 Å². The van der Waals surface area contributed by atoms with Crippen molar-refractivity contribution in [3.63, 3.8) is 0 Å². The summed E-state index contributed by atoms with van der Waals surface area (Å²) in [6, 6.07) is 7.89. The topological polar surface area (TPSA) is 72.2 Å². The number of hydrogen-bond acceptors (Lipinski definition) is 3. The number of hydrogen-bond donors (Lipinski definition) is 1. The van der Waals surface area contributed by atoms with Gasteiger partial charge in [0.05, 0.1) is 16.6 Å². The van der Waals surface area contributed by atoms with Crippen LogP contribution in [0.5, 0.6) is 0 Å². The van der Waals surface area contributed by atoms with Gasteiger partial charge in [0.25, 0.3) is 11.6 Å². The highest BCUT2D eigenvalue weighted by molar-refractivity contribution is 6.35. The highest BCUT2D eigenvalue weighted by atomic mass is 35.5. The summed E-state index contributed by atoms with van der Waals surface area (Å²) in [6.07, 6.45) is 0.441. The van der Waals surface area contributed by atoms with E-state index in [4.69, 9.17) is 23.2 Å². The Balaban J connectivity index is 1.98. The van der Waals surface area contributed by atoms with Crippen LogP contribution in [0.25, 0.3) is 0 Å². The van der Waals surface area contributed by atoms with Crippen molar-refractivity contribution in [2.24, 2.45) is 0 Å². The molecular formula is C15H11Cl2FN2O3. The van der Waals surface area contributed by atoms with E-state index >= 15 is 0 Å². The van der Waals surface area contributed by atoms with Gasteiger partial charge in [-0.05, 0) is 30.2 Å². The molecule has 120 valence electrons. The van der Waals surface area contributed by atoms with Crippen LogP contribution in [0, 0.1) is 15.9 Å². The van der Waals surface area contributed by atoms with Crippen molar-refractivity contribution in [3.8, 4) is 0 Å². The Morgan fingerprint density at radius 1 is 1.22 bits per heavy atom. The lowest BCUT2D eigenvalue weighted by Gasteiger charge is -2.08. The number of halogens is 3. The molecule has 1 amide bonds. The van der Waals surface area contributed by atoms with Crippen LogP contribution in [0.1, 0.15) is 15.9 Å². The standard InChI is InChI=1S/C15H11Cl2FN2O3/c16-10-2-1-9(13(17)7-10)5-6-19-15(21)12-4-3-11(20(22)23)8-14(12)18/h1-4,7-8H,5-6H2,(H,19,21). The first-order chi connectivity index (χ1) is 10.9. The van der Waals surface area contributed by atoms with Crippen LogP contribution in [0.2, 0.25) is 10.0 Å². The van der Waals surface area contributed by atoms with Gasteiger partial charge in [-0.2, -0.15) is 0 Å². The molecule has 8 heteroatoms. The third kappa shape index (κ3) is 4.40. The van der Waals surface area contributed by atoms with Crippen molar-refractivity contribution in [2.75, 3.05) is 6.54 Å². The number of rotatable bonds is 5. The van der Waals surface area contributed by atoms with E-state index in [1.807, 2.05) is 0 Å². The van der Waals surface area contributed by atoms with Crippen molar-refractivity contribution in [1.82, 2.24) is 5.32 Å². The Morgan fingerprint density at radius 3 is 2.57 bits per heavy atom. The molecule has 2 aromatic rings. The fourth-order valence-corrected chi connectivity index (χ4v) is 2.44. The summed E-state index contributed by atoms with van der Waals surface area (Å²) in [6.45, 7) is 0.233. The Hall–Kier alpha value is -2.18.